The highest BCUT2D eigenvalue weighted by molar-refractivity contribution is 5.23. The van der Waals surface area contributed by atoms with Gasteiger partial charge in [-0.2, -0.15) is 5.10 Å². The first kappa shape index (κ1) is 11.6. The van der Waals surface area contributed by atoms with Crippen LogP contribution >= 0.6 is 0 Å². The minimum atomic E-state index is 0.765. The molecule has 0 atom stereocenters. The molecule has 3 nitrogen and oxygen atoms in total. The van der Waals surface area contributed by atoms with Crippen LogP contribution in [0.25, 0.3) is 0 Å². The summed E-state index contributed by atoms with van der Waals surface area (Å²) in [6, 6.07) is 0.765. The molecular weight excluding hydrogens is 198 g/mol. The predicted molar refractivity (Wildman–Crippen MR) is 66.6 cm³/mol. The van der Waals surface area contributed by atoms with Crippen molar-refractivity contribution >= 4 is 0 Å². The van der Waals surface area contributed by atoms with Gasteiger partial charge < -0.3 is 5.32 Å². The van der Waals surface area contributed by atoms with E-state index < -0.39 is 0 Å². The molecule has 2 N–H and O–H groups in total. The fraction of sp³-hybridized carbons (Fsp3) is 0.769. The molecule has 0 aromatic carbocycles. The summed E-state index contributed by atoms with van der Waals surface area (Å²) < 4.78 is 0. The van der Waals surface area contributed by atoms with Crippen LogP contribution in [0.4, 0.5) is 0 Å². The summed E-state index contributed by atoms with van der Waals surface area (Å²) in [6.45, 7) is 5.28. The number of hydrogen-bond donors (Lipinski definition) is 2. The predicted octanol–water partition coefficient (Wildman–Crippen LogP) is 2.49. The molecule has 1 fully saturated rings. The highest BCUT2D eigenvalue weighted by Crippen LogP contribution is 2.17. The number of aromatic nitrogens is 2. The van der Waals surface area contributed by atoms with Crippen LogP contribution in [0, 0.1) is 13.8 Å². The van der Waals surface area contributed by atoms with E-state index >= 15 is 0 Å². The van der Waals surface area contributed by atoms with Crippen molar-refractivity contribution in [2.24, 2.45) is 0 Å². The van der Waals surface area contributed by atoms with E-state index in [4.69, 9.17) is 0 Å². The lowest BCUT2D eigenvalue weighted by Crippen LogP contribution is -2.32. The van der Waals surface area contributed by atoms with Crippen molar-refractivity contribution in [3.8, 4) is 0 Å². The number of hydrogen-bond acceptors (Lipinski definition) is 2. The largest absolute Gasteiger partial charge is 0.314 e. The maximum atomic E-state index is 4.23. The lowest BCUT2D eigenvalue weighted by atomic mass is 9.95. The smallest absolute Gasteiger partial charge is 0.0626 e. The van der Waals surface area contributed by atoms with Gasteiger partial charge in [0, 0.05) is 11.7 Å². The number of nitrogens with zero attached hydrogens (tertiary/aromatic N) is 1. The summed E-state index contributed by atoms with van der Waals surface area (Å²) in [7, 11) is 0. The summed E-state index contributed by atoms with van der Waals surface area (Å²) in [5.41, 5.74) is 3.77. The molecule has 0 aliphatic heterocycles. The van der Waals surface area contributed by atoms with Crippen molar-refractivity contribution in [1.29, 1.82) is 0 Å². The Balaban J connectivity index is 1.75. The lowest BCUT2D eigenvalue weighted by Gasteiger charge is -2.22. The summed E-state index contributed by atoms with van der Waals surface area (Å²) in [5.74, 6) is 0. The number of nitrogens with one attached hydrogen (secondary N) is 2. The SMILES string of the molecule is Cc1n[nH]c(C)c1CCNC1CCCCC1. The summed E-state index contributed by atoms with van der Waals surface area (Å²) in [5, 5.41) is 10.9. The molecule has 0 spiro atoms. The molecular formula is C13H23N3. The van der Waals surface area contributed by atoms with E-state index in [1.54, 1.807) is 0 Å². The third kappa shape index (κ3) is 2.85. The van der Waals surface area contributed by atoms with Gasteiger partial charge in [0.25, 0.3) is 0 Å². The lowest BCUT2D eigenvalue weighted by molar-refractivity contribution is 0.375. The molecule has 0 amide bonds. The Hall–Kier alpha value is -0.830. The van der Waals surface area contributed by atoms with Crippen LogP contribution in [0.2, 0.25) is 0 Å². The van der Waals surface area contributed by atoms with Crippen molar-refractivity contribution in [3.05, 3.63) is 17.0 Å². The van der Waals surface area contributed by atoms with Crippen LogP contribution in [0.3, 0.4) is 0 Å². The van der Waals surface area contributed by atoms with Crippen molar-refractivity contribution in [3.63, 3.8) is 0 Å². The van der Waals surface area contributed by atoms with Gasteiger partial charge in [0.05, 0.1) is 5.69 Å². The molecule has 16 heavy (non-hydrogen) atoms. The number of rotatable bonds is 4. The molecule has 90 valence electrons. The maximum Gasteiger partial charge on any atom is 0.0626 e. The number of aryl methyl sites for hydroxylation is 2. The molecule has 1 aliphatic rings. The van der Waals surface area contributed by atoms with Gasteiger partial charge in [-0.1, -0.05) is 19.3 Å². The van der Waals surface area contributed by atoms with Crippen molar-refractivity contribution in [2.45, 2.75) is 58.4 Å². The van der Waals surface area contributed by atoms with Gasteiger partial charge in [-0.05, 0) is 45.2 Å². The first-order chi connectivity index (χ1) is 7.77. The average molecular weight is 221 g/mol. The quantitative estimate of drug-likeness (QED) is 0.820. The monoisotopic (exact) mass is 221 g/mol. The molecule has 1 heterocycles. The van der Waals surface area contributed by atoms with Crippen molar-refractivity contribution in [1.82, 2.24) is 15.5 Å². The highest BCUT2D eigenvalue weighted by atomic mass is 15.1. The Morgan fingerprint density at radius 2 is 2.00 bits per heavy atom. The Bertz CT molecular complexity index is 304. The Morgan fingerprint density at radius 1 is 1.25 bits per heavy atom. The topological polar surface area (TPSA) is 40.7 Å². The van der Waals surface area contributed by atoms with E-state index in [2.05, 4.69) is 29.4 Å². The molecule has 1 aliphatic carbocycles. The van der Waals surface area contributed by atoms with Gasteiger partial charge in [-0.15, -0.1) is 0 Å². The third-order valence-electron chi connectivity index (χ3n) is 3.69. The molecule has 0 saturated heterocycles. The van der Waals surface area contributed by atoms with Crippen molar-refractivity contribution in [2.75, 3.05) is 6.54 Å². The van der Waals surface area contributed by atoms with Crippen molar-refractivity contribution < 1.29 is 0 Å². The third-order valence-corrected chi connectivity index (χ3v) is 3.69. The van der Waals surface area contributed by atoms with Gasteiger partial charge in [0.1, 0.15) is 0 Å². The number of H-pyrrole nitrogens is 1. The molecule has 2 rings (SSSR count). The molecule has 0 unspecified atom stereocenters. The molecule has 1 aromatic rings. The van der Waals surface area contributed by atoms with E-state index in [-0.39, 0.29) is 0 Å². The van der Waals surface area contributed by atoms with E-state index in [1.165, 1.54) is 43.4 Å². The molecule has 1 saturated carbocycles. The average Bonchev–Trinajstić information content (AvgIpc) is 2.62. The molecule has 3 heteroatoms. The Labute approximate surface area is 98.0 Å². The summed E-state index contributed by atoms with van der Waals surface area (Å²) in [6.07, 6.45) is 8.07. The second-order valence-corrected chi connectivity index (χ2v) is 4.95. The zero-order chi connectivity index (χ0) is 11.4. The summed E-state index contributed by atoms with van der Waals surface area (Å²) in [4.78, 5) is 0. The van der Waals surface area contributed by atoms with Crippen LogP contribution < -0.4 is 5.32 Å². The van der Waals surface area contributed by atoms with Gasteiger partial charge in [0.2, 0.25) is 0 Å². The standard InChI is InChI=1S/C13H23N3/c1-10-13(11(2)16-15-10)8-9-14-12-6-4-3-5-7-12/h12,14H,3-9H2,1-2H3,(H,15,16). The number of aromatic amines is 1. The first-order valence-corrected chi connectivity index (χ1v) is 6.51. The normalized spacial score (nSPS) is 17.9. The van der Waals surface area contributed by atoms with Crippen LogP contribution in [-0.4, -0.2) is 22.8 Å². The van der Waals surface area contributed by atoms with Gasteiger partial charge in [-0.25, -0.2) is 0 Å². The van der Waals surface area contributed by atoms with E-state index in [9.17, 15) is 0 Å². The van der Waals surface area contributed by atoms with Crippen LogP contribution in [0.5, 0.6) is 0 Å². The van der Waals surface area contributed by atoms with Gasteiger partial charge in [0.15, 0.2) is 0 Å². The fourth-order valence-corrected chi connectivity index (χ4v) is 2.65. The van der Waals surface area contributed by atoms with Crippen LogP contribution in [-0.2, 0) is 6.42 Å². The molecule has 1 aromatic heterocycles. The zero-order valence-electron chi connectivity index (χ0n) is 10.5. The Morgan fingerprint density at radius 3 is 2.62 bits per heavy atom. The maximum absolute atomic E-state index is 4.23. The van der Waals surface area contributed by atoms with E-state index in [0.717, 1.165) is 24.7 Å². The minimum Gasteiger partial charge on any atom is -0.314 e. The summed E-state index contributed by atoms with van der Waals surface area (Å²) >= 11 is 0. The Kier molecular flexibility index (Phi) is 3.99. The second kappa shape index (κ2) is 5.48. The molecule has 0 radical (unpaired) electrons. The highest BCUT2D eigenvalue weighted by Gasteiger charge is 2.12. The second-order valence-electron chi connectivity index (χ2n) is 4.95. The first-order valence-electron chi connectivity index (χ1n) is 6.51. The van der Waals surface area contributed by atoms with E-state index in [0.29, 0.717) is 0 Å². The van der Waals surface area contributed by atoms with Crippen LogP contribution in [0.15, 0.2) is 0 Å². The minimum absolute atomic E-state index is 0.765. The van der Waals surface area contributed by atoms with Crippen LogP contribution in [0.1, 0.15) is 49.1 Å². The van der Waals surface area contributed by atoms with Gasteiger partial charge >= 0.3 is 0 Å². The van der Waals surface area contributed by atoms with Gasteiger partial charge in [-0.3, -0.25) is 5.10 Å². The zero-order valence-corrected chi connectivity index (χ0v) is 10.5. The fourth-order valence-electron chi connectivity index (χ4n) is 2.65. The van der Waals surface area contributed by atoms with E-state index in [1.807, 2.05) is 0 Å². The molecule has 0 bridgehead atoms.